The van der Waals surface area contributed by atoms with Crippen LogP contribution in [0.25, 0.3) is 0 Å². The number of nitrogens with two attached hydrogens (primary N) is 1. The predicted octanol–water partition coefficient (Wildman–Crippen LogP) is 2.09. The fraction of sp³-hybridized carbons (Fsp3) is 0.412. The van der Waals surface area contributed by atoms with Gasteiger partial charge in [0.25, 0.3) is 0 Å². The monoisotopic (exact) mass is 332 g/mol. The molecule has 0 bridgehead atoms. The van der Waals surface area contributed by atoms with Crippen molar-refractivity contribution < 1.29 is 13.9 Å². The minimum Gasteiger partial charge on any atom is -0.494 e. The summed E-state index contributed by atoms with van der Waals surface area (Å²) in [5.41, 5.74) is 8.21. The van der Waals surface area contributed by atoms with Crippen molar-refractivity contribution in [1.29, 1.82) is 0 Å². The quantitative estimate of drug-likeness (QED) is 0.878. The zero-order valence-corrected chi connectivity index (χ0v) is 13.6. The minimum atomic E-state index is -0.404. The van der Waals surface area contributed by atoms with Gasteiger partial charge >= 0.3 is 0 Å². The van der Waals surface area contributed by atoms with Crippen molar-refractivity contribution in [3.8, 4) is 5.75 Å². The van der Waals surface area contributed by atoms with E-state index in [1.54, 1.807) is 18.3 Å². The summed E-state index contributed by atoms with van der Waals surface area (Å²) < 4.78 is 18.6. The standard InChI is InChI=1S/C17H21FN4O2/c1-24-15-4-2-11(8-13(15)18)3-5-16(23)22-7-6-12(10-22)17-14(19)9-20-21-17/h2,4,8-9,12H,3,5-7,10,19H2,1H3,(H,20,21). The summed E-state index contributed by atoms with van der Waals surface area (Å²) in [6.45, 7) is 1.35. The molecule has 1 fully saturated rings. The van der Waals surface area contributed by atoms with E-state index in [-0.39, 0.29) is 17.6 Å². The van der Waals surface area contributed by atoms with E-state index in [2.05, 4.69) is 10.2 Å². The van der Waals surface area contributed by atoms with Crippen LogP contribution in [0.2, 0.25) is 0 Å². The van der Waals surface area contributed by atoms with E-state index in [1.165, 1.54) is 13.2 Å². The molecule has 0 aliphatic carbocycles. The van der Waals surface area contributed by atoms with Crippen LogP contribution in [0.5, 0.6) is 5.75 Å². The van der Waals surface area contributed by atoms with E-state index >= 15 is 0 Å². The zero-order chi connectivity index (χ0) is 17.1. The topological polar surface area (TPSA) is 84.2 Å². The molecule has 0 spiro atoms. The van der Waals surface area contributed by atoms with Crippen LogP contribution < -0.4 is 10.5 Å². The summed E-state index contributed by atoms with van der Waals surface area (Å²) in [4.78, 5) is 14.2. The van der Waals surface area contributed by atoms with Gasteiger partial charge in [0, 0.05) is 25.4 Å². The molecule has 1 aromatic carbocycles. The normalized spacial score (nSPS) is 17.2. The third kappa shape index (κ3) is 3.34. The number of benzene rings is 1. The number of anilines is 1. The van der Waals surface area contributed by atoms with Crippen molar-refractivity contribution in [3.05, 3.63) is 41.5 Å². The SMILES string of the molecule is COc1ccc(CCC(=O)N2CCC(c3[nH]ncc3N)C2)cc1F. The molecular formula is C17H21FN4O2. The average Bonchev–Trinajstić information content (AvgIpc) is 3.21. The number of amides is 1. The highest BCUT2D eigenvalue weighted by Gasteiger charge is 2.29. The molecule has 24 heavy (non-hydrogen) atoms. The molecule has 1 saturated heterocycles. The number of aryl methyl sites for hydroxylation is 1. The number of ether oxygens (including phenoxy) is 1. The van der Waals surface area contributed by atoms with Crippen molar-refractivity contribution in [2.45, 2.75) is 25.2 Å². The molecule has 3 N–H and O–H groups in total. The van der Waals surface area contributed by atoms with Crippen LogP contribution in [0.1, 0.15) is 30.0 Å². The number of methoxy groups -OCH3 is 1. The van der Waals surface area contributed by atoms with Gasteiger partial charge in [-0.25, -0.2) is 4.39 Å². The van der Waals surface area contributed by atoms with Gasteiger partial charge in [-0.05, 0) is 30.5 Å². The zero-order valence-electron chi connectivity index (χ0n) is 13.6. The highest BCUT2D eigenvalue weighted by Crippen LogP contribution is 2.29. The van der Waals surface area contributed by atoms with Crippen molar-refractivity contribution in [2.24, 2.45) is 0 Å². The van der Waals surface area contributed by atoms with Gasteiger partial charge in [-0.3, -0.25) is 9.89 Å². The number of rotatable bonds is 5. The molecule has 2 aromatic rings. The number of carbonyl (C=O) groups excluding carboxylic acids is 1. The molecule has 3 rings (SSSR count). The van der Waals surface area contributed by atoms with Gasteiger partial charge in [0.1, 0.15) is 0 Å². The lowest BCUT2D eigenvalue weighted by Gasteiger charge is -2.16. The fourth-order valence-corrected chi connectivity index (χ4v) is 3.13. The number of halogens is 1. The van der Waals surface area contributed by atoms with Crippen molar-refractivity contribution in [3.63, 3.8) is 0 Å². The second kappa shape index (κ2) is 6.90. The number of hydrogen-bond acceptors (Lipinski definition) is 4. The highest BCUT2D eigenvalue weighted by atomic mass is 19.1. The predicted molar refractivity (Wildman–Crippen MR) is 88.2 cm³/mol. The number of aromatic nitrogens is 2. The van der Waals surface area contributed by atoms with Crippen molar-refractivity contribution in [2.75, 3.05) is 25.9 Å². The van der Waals surface area contributed by atoms with Gasteiger partial charge in [0.05, 0.1) is 24.7 Å². The van der Waals surface area contributed by atoms with Crippen LogP contribution in [-0.2, 0) is 11.2 Å². The number of likely N-dealkylation sites (tertiary alicyclic amines) is 1. The summed E-state index contributed by atoms with van der Waals surface area (Å²) in [6, 6.07) is 4.79. The lowest BCUT2D eigenvalue weighted by atomic mass is 10.0. The Labute approximate surface area is 139 Å². The van der Waals surface area contributed by atoms with E-state index in [0.717, 1.165) is 17.7 Å². The summed E-state index contributed by atoms with van der Waals surface area (Å²) >= 11 is 0. The maximum Gasteiger partial charge on any atom is 0.222 e. The molecule has 1 amide bonds. The molecule has 6 nitrogen and oxygen atoms in total. The van der Waals surface area contributed by atoms with Gasteiger partial charge in [-0.1, -0.05) is 6.07 Å². The lowest BCUT2D eigenvalue weighted by molar-refractivity contribution is -0.130. The Morgan fingerprint density at radius 3 is 3.04 bits per heavy atom. The van der Waals surface area contributed by atoms with Gasteiger partial charge in [0.15, 0.2) is 11.6 Å². The van der Waals surface area contributed by atoms with Gasteiger partial charge in [-0.2, -0.15) is 5.10 Å². The molecule has 128 valence electrons. The van der Waals surface area contributed by atoms with Gasteiger partial charge in [0.2, 0.25) is 5.91 Å². The number of aromatic amines is 1. The third-order valence-corrected chi connectivity index (χ3v) is 4.49. The minimum absolute atomic E-state index is 0.0758. The number of nitrogen functional groups attached to an aromatic ring is 1. The second-order valence-electron chi connectivity index (χ2n) is 6.03. The first-order chi connectivity index (χ1) is 11.6. The van der Waals surface area contributed by atoms with E-state index in [0.29, 0.717) is 31.6 Å². The first kappa shape index (κ1) is 16.3. The fourth-order valence-electron chi connectivity index (χ4n) is 3.13. The van der Waals surface area contributed by atoms with Crippen LogP contribution in [0.15, 0.2) is 24.4 Å². The van der Waals surface area contributed by atoms with E-state index in [9.17, 15) is 9.18 Å². The highest BCUT2D eigenvalue weighted by molar-refractivity contribution is 5.77. The molecule has 1 unspecified atom stereocenters. The molecule has 1 atom stereocenters. The van der Waals surface area contributed by atoms with E-state index in [1.807, 2.05) is 4.90 Å². The number of nitrogens with one attached hydrogen (secondary N) is 1. The van der Waals surface area contributed by atoms with Gasteiger partial charge in [-0.15, -0.1) is 0 Å². The Bertz CT molecular complexity index is 731. The molecular weight excluding hydrogens is 311 g/mol. The number of carbonyl (C=O) groups is 1. The first-order valence-corrected chi connectivity index (χ1v) is 7.97. The Morgan fingerprint density at radius 1 is 1.54 bits per heavy atom. The van der Waals surface area contributed by atoms with Crippen molar-refractivity contribution >= 4 is 11.6 Å². The maximum absolute atomic E-state index is 13.7. The van der Waals surface area contributed by atoms with Crippen LogP contribution in [0.3, 0.4) is 0 Å². The summed E-state index contributed by atoms with van der Waals surface area (Å²) in [5, 5.41) is 6.85. The molecule has 1 aliphatic heterocycles. The Balaban J connectivity index is 1.54. The Kier molecular flexibility index (Phi) is 4.69. The maximum atomic E-state index is 13.7. The van der Waals surface area contributed by atoms with Crippen LogP contribution in [-0.4, -0.2) is 41.2 Å². The smallest absolute Gasteiger partial charge is 0.222 e. The summed E-state index contributed by atoms with van der Waals surface area (Å²) in [7, 11) is 1.43. The summed E-state index contributed by atoms with van der Waals surface area (Å²) in [6.07, 6.45) is 3.33. The number of H-pyrrole nitrogens is 1. The Morgan fingerprint density at radius 2 is 2.38 bits per heavy atom. The first-order valence-electron chi connectivity index (χ1n) is 7.97. The van der Waals surface area contributed by atoms with Gasteiger partial charge < -0.3 is 15.4 Å². The molecule has 0 saturated carbocycles. The largest absolute Gasteiger partial charge is 0.494 e. The van der Waals surface area contributed by atoms with E-state index < -0.39 is 5.82 Å². The molecule has 7 heteroatoms. The molecule has 0 radical (unpaired) electrons. The average molecular weight is 332 g/mol. The number of nitrogens with zero attached hydrogens (tertiary/aromatic N) is 2. The molecule has 1 aromatic heterocycles. The van der Waals surface area contributed by atoms with E-state index in [4.69, 9.17) is 10.5 Å². The molecule has 2 heterocycles. The van der Waals surface area contributed by atoms with Crippen molar-refractivity contribution in [1.82, 2.24) is 15.1 Å². The summed E-state index contributed by atoms with van der Waals surface area (Å²) in [5.74, 6) is 0.0877. The second-order valence-corrected chi connectivity index (χ2v) is 6.03. The van der Waals surface area contributed by atoms with Crippen LogP contribution >= 0.6 is 0 Å². The lowest BCUT2D eigenvalue weighted by Crippen LogP contribution is -2.28. The Hall–Kier alpha value is -2.57. The number of hydrogen-bond donors (Lipinski definition) is 2. The third-order valence-electron chi connectivity index (χ3n) is 4.49. The van der Waals surface area contributed by atoms with Crippen LogP contribution in [0, 0.1) is 5.82 Å². The van der Waals surface area contributed by atoms with Crippen LogP contribution in [0.4, 0.5) is 10.1 Å². The molecule has 1 aliphatic rings.